The average molecular weight is 614 g/mol. The number of aromatic nitrogens is 2. The number of carbonyl (C=O) groups is 1. The second kappa shape index (κ2) is 12.1. The molecule has 6 rings (SSSR count). The third kappa shape index (κ3) is 6.35. The van der Waals surface area contributed by atoms with Gasteiger partial charge in [0, 0.05) is 55.5 Å². The van der Waals surface area contributed by atoms with E-state index in [0.717, 1.165) is 57.7 Å². The van der Waals surface area contributed by atoms with Gasteiger partial charge in [0.25, 0.3) is 5.91 Å². The molecule has 1 saturated carbocycles. The van der Waals surface area contributed by atoms with Crippen molar-refractivity contribution in [3.05, 3.63) is 41.3 Å². The Hall–Kier alpha value is -2.50. The van der Waals surface area contributed by atoms with Crippen molar-refractivity contribution < 1.29 is 24.1 Å². The number of β-amino-alcohol motifs (C(OH)–C–C–N with tert-alkyl or cyclic N) is 1. The summed E-state index contributed by atoms with van der Waals surface area (Å²) in [6.07, 6.45) is 8.32. The van der Waals surface area contributed by atoms with Crippen LogP contribution in [0.15, 0.2) is 30.7 Å². The number of amides is 1. The summed E-state index contributed by atoms with van der Waals surface area (Å²) < 4.78 is 18.1. The van der Waals surface area contributed by atoms with Crippen molar-refractivity contribution in [3.63, 3.8) is 0 Å². The molecule has 0 unspecified atom stereocenters. The molecule has 10 nitrogen and oxygen atoms in total. The van der Waals surface area contributed by atoms with Crippen LogP contribution in [0.25, 0.3) is 0 Å². The quantitative estimate of drug-likeness (QED) is 0.452. The van der Waals surface area contributed by atoms with E-state index in [2.05, 4.69) is 19.8 Å². The van der Waals surface area contributed by atoms with Crippen LogP contribution in [0.5, 0.6) is 11.5 Å². The normalized spacial score (nSPS) is 22.6. The van der Waals surface area contributed by atoms with Crippen molar-refractivity contribution in [2.24, 2.45) is 5.41 Å². The van der Waals surface area contributed by atoms with Gasteiger partial charge in [-0.3, -0.25) is 4.79 Å². The number of hydrogen-bond donors (Lipinski definition) is 1. The van der Waals surface area contributed by atoms with Crippen LogP contribution in [-0.4, -0.2) is 101 Å². The van der Waals surface area contributed by atoms with Crippen molar-refractivity contribution in [2.45, 2.75) is 76.7 Å². The molecule has 1 N–H and O–H groups in total. The summed E-state index contributed by atoms with van der Waals surface area (Å²) >= 11 is 6.30. The molecule has 3 aliphatic heterocycles. The fourth-order valence-corrected chi connectivity index (χ4v) is 7.44. The molecule has 4 fully saturated rings. The number of hydrogen-bond acceptors (Lipinski definition) is 9. The summed E-state index contributed by atoms with van der Waals surface area (Å²) in [6.45, 7) is 12.3. The van der Waals surface area contributed by atoms with Crippen molar-refractivity contribution in [3.8, 4) is 11.5 Å². The Balaban J connectivity index is 1.07. The number of ether oxygens (including phenoxy) is 3. The lowest BCUT2D eigenvalue weighted by atomic mass is 9.71. The van der Waals surface area contributed by atoms with Gasteiger partial charge in [0.15, 0.2) is 17.4 Å². The van der Waals surface area contributed by atoms with Crippen molar-refractivity contribution >= 4 is 23.3 Å². The molecule has 2 aromatic rings. The Labute approximate surface area is 259 Å². The molecule has 4 heterocycles. The third-order valence-electron chi connectivity index (χ3n) is 9.82. The van der Waals surface area contributed by atoms with E-state index < -0.39 is 11.4 Å². The number of halogens is 1. The van der Waals surface area contributed by atoms with Gasteiger partial charge >= 0.3 is 0 Å². The van der Waals surface area contributed by atoms with Gasteiger partial charge in [-0.1, -0.05) is 11.6 Å². The minimum atomic E-state index is -0.671. The molecule has 2 spiro atoms. The second-order valence-electron chi connectivity index (χ2n) is 13.1. The van der Waals surface area contributed by atoms with Gasteiger partial charge in [-0.25, -0.2) is 9.97 Å². The molecule has 1 amide bonds. The lowest BCUT2D eigenvalue weighted by Crippen LogP contribution is -2.62. The van der Waals surface area contributed by atoms with Crippen molar-refractivity contribution in [1.82, 2.24) is 19.8 Å². The minimum absolute atomic E-state index is 0.0439. The predicted molar refractivity (Wildman–Crippen MR) is 164 cm³/mol. The van der Waals surface area contributed by atoms with Gasteiger partial charge in [0.05, 0.1) is 30.6 Å². The van der Waals surface area contributed by atoms with Crippen molar-refractivity contribution in [1.29, 1.82) is 0 Å². The van der Waals surface area contributed by atoms with Crippen LogP contribution in [0.3, 0.4) is 0 Å². The molecule has 3 saturated heterocycles. The molecule has 0 bridgehead atoms. The zero-order valence-electron chi connectivity index (χ0n) is 25.6. The fourth-order valence-electron chi connectivity index (χ4n) is 7.27. The first kappa shape index (κ1) is 30.5. The maximum Gasteiger partial charge on any atom is 0.257 e. The monoisotopic (exact) mass is 613 g/mol. The number of piperidine rings is 1. The Bertz CT molecular complexity index is 1290. The first-order chi connectivity index (χ1) is 20.6. The van der Waals surface area contributed by atoms with E-state index >= 15 is 0 Å². The fraction of sp³-hybridized carbons (Fsp3) is 0.656. The van der Waals surface area contributed by atoms with E-state index in [-0.39, 0.29) is 17.4 Å². The largest absolute Gasteiger partial charge is 0.451 e. The lowest BCUT2D eigenvalue weighted by Gasteiger charge is -2.55. The summed E-state index contributed by atoms with van der Waals surface area (Å²) in [5.41, 5.74) is -0.0257. The Morgan fingerprint density at radius 2 is 1.79 bits per heavy atom. The molecule has 11 heteroatoms. The topological polar surface area (TPSA) is 100 Å². The summed E-state index contributed by atoms with van der Waals surface area (Å²) in [7, 11) is 0. The standard InChI is InChI=1S/C32H44ClN5O5/c1-4-38(23(2)3)29(39)25-17-24(33)5-6-26(25)43-27-18-34-22-35-28(27)37-19-30(20-37)11-13-36(14-12-30)21-31(40)7-9-32(10-8-31)41-15-16-42-32/h5-6,17-18,22-23,40H,4,7-16,19-21H2,1-3H3. The van der Waals surface area contributed by atoms with Gasteiger partial charge < -0.3 is 34.0 Å². The number of nitrogens with zero attached hydrogens (tertiary/aromatic N) is 5. The first-order valence-corrected chi connectivity index (χ1v) is 16.1. The highest BCUT2D eigenvalue weighted by atomic mass is 35.5. The Morgan fingerprint density at radius 1 is 1.09 bits per heavy atom. The van der Waals surface area contributed by atoms with E-state index in [1.54, 1.807) is 29.3 Å². The molecule has 0 radical (unpaired) electrons. The molecule has 1 aliphatic carbocycles. The van der Waals surface area contributed by atoms with Crippen LogP contribution in [0, 0.1) is 5.41 Å². The van der Waals surface area contributed by atoms with Gasteiger partial charge in [0.2, 0.25) is 0 Å². The van der Waals surface area contributed by atoms with Gasteiger partial charge in [-0.15, -0.1) is 0 Å². The number of benzene rings is 1. The van der Waals surface area contributed by atoms with E-state index in [0.29, 0.717) is 61.2 Å². The van der Waals surface area contributed by atoms with Crippen LogP contribution in [0.4, 0.5) is 5.82 Å². The van der Waals surface area contributed by atoms with Crippen LogP contribution in [0.2, 0.25) is 5.02 Å². The highest BCUT2D eigenvalue weighted by Crippen LogP contribution is 2.46. The van der Waals surface area contributed by atoms with Gasteiger partial charge in [-0.2, -0.15) is 0 Å². The smallest absolute Gasteiger partial charge is 0.257 e. The van der Waals surface area contributed by atoms with E-state index in [1.807, 2.05) is 20.8 Å². The van der Waals surface area contributed by atoms with E-state index in [9.17, 15) is 9.90 Å². The molecule has 1 aromatic carbocycles. The molecule has 0 atom stereocenters. The van der Waals surface area contributed by atoms with E-state index in [1.165, 1.54) is 6.33 Å². The number of aliphatic hydroxyl groups is 1. The zero-order valence-corrected chi connectivity index (χ0v) is 26.3. The number of rotatable bonds is 8. The Morgan fingerprint density at radius 3 is 2.44 bits per heavy atom. The summed E-state index contributed by atoms with van der Waals surface area (Å²) in [5.74, 6) is 1.11. The maximum absolute atomic E-state index is 13.4. The SMILES string of the molecule is CCN(C(=O)c1cc(Cl)ccc1Oc1cncnc1N1CC2(CCN(CC3(O)CCC4(CC3)OCCO4)CC2)C1)C(C)C. The van der Waals surface area contributed by atoms with Crippen LogP contribution >= 0.6 is 11.6 Å². The lowest BCUT2D eigenvalue weighted by molar-refractivity contribution is -0.205. The van der Waals surface area contributed by atoms with Crippen LogP contribution < -0.4 is 9.64 Å². The average Bonchev–Trinajstić information content (AvgIpc) is 3.44. The van der Waals surface area contributed by atoms with Gasteiger partial charge in [0.1, 0.15) is 12.1 Å². The number of likely N-dealkylation sites (tertiary alicyclic amines) is 1. The summed E-state index contributed by atoms with van der Waals surface area (Å²) in [5, 5.41) is 11.8. The highest BCUT2D eigenvalue weighted by molar-refractivity contribution is 6.31. The third-order valence-corrected chi connectivity index (χ3v) is 10.1. The molecule has 4 aliphatic rings. The van der Waals surface area contributed by atoms with Crippen molar-refractivity contribution in [2.75, 3.05) is 57.4 Å². The molecule has 234 valence electrons. The summed E-state index contributed by atoms with van der Waals surface area (Å²) in [4.78, 5) is 28.7. The number of anilines is 1. The zero-order chi connectivity index (χ0) is 30.2. The van der Waals surface area contributed by atoms with Crippen LogP contribution in [0.1, 0.15) is 69.7 Å². The highest BCUT2D eigenvalue weighted by Gasteiger charge is 2.49. The number of carbonyl (C=O) groups excluding carboxylic acids is 1. The predicted octanol–water partition coefficient (Wildman–Crippen LogP) is 4.74. The molecule has 1 aromatic heterocycles. The minimum Gasteiger partial charge on any atom is -0.451 e. The summed E-state index contributed by atoms with van der Waals surface area (Å²) in [6, 6.07) is 5.18. The maximum atomic E-state index is 13.4. The van der Waals surface area contributed by atoms with Crippen LogP contribution in [-0.2, 0) is 9.47 Å². The van der Waals surface area contributed by atoms with E-state index in [4.69, 9.17) is 25.8 Å². The first-order valence-electron chi connectivity index (χ1n) is 15.7. The molecular formula is C32H44ClN5O5. The van der Waals surface area contributed by atoms with Gasteiger partial charge in [-0.05, 0) is 77.7 Å². The molecular weight excluding hydrogens is 570 g/mol. The molecule has 43 heavy (non-hydrogen) atoms. The second-order valence-corrected chi connectivity index (χ2v) is 13.5. The Kier molecular flexibility index (Phi) is 8.60.